The minimum atomic E-state index is 0.986. The van der Waals surface area contributed by atoms with Crippen LogP contribution in [0.3, 0.4) is 0 Å². The molecule has 0 saturated carbocycles. The molecule has 0 fully saturated rings. The van der Waals surface area contributed by atoms with Crippen molar-refractivity contribution in [2.45, 2.75) is 6.42 Å². The fourth-order valence-corrected chi connectivity index (χ4v) is 2.92. The van der Waals surface area contributed by atoms with Crippen molar-refractivity contribution in [2.24, 2.45) is 0 Å². The fraction of sp³-hybridized carbons (Fsp3) is 0.0667. The summed E-state index contributed by atoms with van der Waals surface area (Å²) < 4.78 is 2.27. The third-order valence-corrected chi connectivity index (χ3v) is 3.99. The standard InChI is InChI=1S/C15H10Br2/c16-14-6-4-11-7-13-9-15(17)5-3-10(13)1-2-12(11)8-14/h1,3-9H,2H2. The molecular formula is C15H10Br2. The van der Waals surface area contributed by atoms with E-state index < -0.39 is 0 Å². The number of fused-ring (bicyclic) bond motifs is 2. The van der Waals surface area contributed by atoms with Crippen LogP contribution in [0, 0.1) is 0 Å². The van der Waals surface area contributed by atoms with Crippen LogP contribution in [-0.4, -0.2) is 0 Å². The lowest BCUT2D eigenvalue weighted by Gasteiger charge is -2.02. The van der Waals surface area contributed by atoms with Crippen LogP contribution in [0.4, 0.5) is 0 Å². The predicted octanol–water partition coefficient (Wildman–Crippen LogP) is 3.38. The first kappa shape index (κ1) is 11.2. The summed E-state index contributed by atoms with van der Waals surface area (Å²) in [5.74, 6) is 0. The van der Waals surface area contributed by atoms with Gasteiger partial charge in [0.1, 0.15) is 0 Å². The Hall–Kier alpha value is -0.860. The number of halogens is 2. The van der Waals surface area contributed by atoms with Gasteiger partial charge in [0.05, 0.1) is 0 Å². The van der Waals surface area contributed by atoms with E-state index in [1.54, 1.807) is 0 Å². The number of hydrogen-bond donors (Lipinski definition) is 0. The Morgan fingerprint density at radius 2 is 1.59 bits per heavy atom. The van der Waals surface area contributed by atoms with Crippen molar-refractivity contribution in [1.29, 1.82) is 0 Å². The van der Waals surface area contributed by atoms with Crippen LogP contribution in [-0.2, 0) is 6.42 Å². The highest BCUT2D eigenvalue weighted by Gasteiger charge is 2.03. The zero-order valence-corrected chi connectivity index (χ0v) is 12.3. The summed E-state index contributed by atoms with van der Waals surface area (Å²) in [5.41, 5.74) is 2.67. The molecule has 2 aromatic rings. The summed E-state index contributed by atoms with van der Waals surface area (Å²) in [4.78, 5) is 0. The van der Waals surface area contributed by atoms with E-state index in [9.17, 15) is 0 Å². The topological polar surface area (TPSA) is 0 Å². The van der Waals surface area contributed by atoms with Gasteiger partial charge in [0.25, 0.3) is 0 Å². The van der Waals surface area contributed by atoms with E-state index in [-0.39, 0.29) is 0 Å². The maximum absolute atomic E-state index is 3.53. The number of hydrogen-bond acceptors (Lipinski definition) is 0. The first-order valence-electron chi connectivity index (χ1n) is 5.48. The molecule has 2 aromatic carbocycles. The monoisotopic (exact) mass is 348 g/mol. The third kappa shape index (κ3) is 2.24. The van der Waals surface area contributed by atoms with E-state index in [1.807, 2.05) is 0 Å². The molecular weight excluding hydrogens is 340 g/mol. The van der Waals surface area contributed by atoms with E-state index in [1.165, 1.54) is 21.6 Å². The largest absolute Gasteiger partial charge is 0.0722 e. The normalized spacial score (nSPS) is 12.8. The molecule has 3 rings (SSSR count). The molecule has 84 valence electrons. The van der Waals surface area contributed by atoms with Crippen molar-refractivity contribution in [3.8, 4) is 0 Å². The quantitative estimate of drug-likeness (QED) is 0.684. The Morgan fingerprint density at radius 1 is 0.824 bits per heavy atom. The van der Waals surface area contributed by atoms with Gasteiger partial charge >= 0.3 is 0 Å². The zero-order valence-electron chi connectivity index (χ0n) is 9.08. The molecule has 2 heteroatoms. The minimum Gasteiger partial charge on any atom is -0.0722 e. The Labute approximate surface area is 117 Å². The molecule has 0 heterocycles. The highest BCUT2D eigenvalue weighted by molar-refractivity contribution is 9.10. The molecule has 0 unspecified atom stereocenters. The predicted molar refractivity (Wildman–Crippen MR) is 79.3 cm³/mol. The summed E-state index contributed by atoms with van der Waals surface area (Å²) >= 11 is 7.05. The lowest BCUT2D eigenvalue weighted by atomic mass is 10.1. The van der Waals surface area contributed by atoms with Gasteiger partial charge in [0.15, 0.2) is 0 Å². The average Bonchev–Trinajstić information content (AvgIpc) is 2.47. The second kappa shape index (κ2) is 4.43. The van der Waals surface area contributed by atoms with Crippen molar-refractivity contribution in [3.63, 3.8) is 0 Å². The van der Waals surface area contributed by atoms with Crippen LogP contribution in [0.15, 0.2) is 45.3 Å². The van der Waals surface area contributed by atoms with Crippen LogP contribution < -0.4 is 10.4 Å². The zero-order chi connectivity index (χ0) is 11.8. The molecule has 0 radical (unpaired) electrons. The molecule has 0 bridgehead atoms. The van der Waals surface area contributed by atoms with E-state index in [4.69, 9.17) is 0 Å². The van der Waals surface area contributed by atoms with Crippen LogP contribution in [0.5, 0.6) is 0 Å². The van der Waals surface area contributed by atoms with Gasteiger partial charge in [0.2, 0.25) is 0 Å². The SMILES string of the molecule is Brc1ccc2c(c1)CC=c1ccc(Br)cc1=C2. The molecule has 0 saturated heterocycles. The maximum atomic E-state index is 3.53. The highest BCUT2D eigenvalue weighted by Crippen LogP contribution is 2.19. The van der Waals surface area contributed by atoms with Gasteiger partial charge in [-0.3, -0.25) is 0 Å². The Bertz CT molecular complexity index is 699. The van der Waals surface area contributed by atoms with Gasteiger partial charge < -0.3 is 0 Å². The van der Waals surface area contributed by atoms with Crippen molar-refractivity contribution in [3.05, 3.63) is 66.9 Å². The summed E-state index contributed by atoms with van der Waals surface area (Å²) in [6, 6.07) is 12.9. The lowest BCUT2D eigenvalue weighted by Crippen LogP contribution is -2.23. The molecule has 1 aliphatic carbocycles. The molecule has 0 aromatic heterocycles. The van der Waals surface area contributed by atoms with Gasteiger partial charge in [-0.25, -0.2) is 0 Å². The third-order valence-electron chi connectivity index (χ3n) is 3.01. The van der Waals surface area contributed by atoms with Crippen molar-refractivity contribution in [1.82, 2.24) is 0 Å². The molecule has 1 aliphatic rings. The van der Waals surface area contributed by atoms with E-state index >= 15 is 0 Å². The maximum Gasteiger partial charge on any atom is 0.0181 e. The Morgan fingerprint density at radius 3 is 2.47 bits per heavy atom. The lowest BCUT2D eigenvalue weighted by molar-refractivity contribution is 1.31. The van der Waals surface area contributed by atoms with E-state index in [0.717, 1.165) is 15.4 Å². The second-order valence-electron chi connectivity index (χ2n) is 4.17. The molecule has 0 N–H and O–H groups in total. The van der Waals surface area contributed by atoms with E-state index in [0.29, 0.717) is 0 Å². The van der Waals surface area contributed by atoms with Crippen LogP contribution in [0.2, 0.25) is 0 Å². The van der Waals surface area contributed by atoms with E-state index in [2.05, 4.69) is 80.4 Å². The Balaban J connectivity index is 2.31. The molecule has 0 aliphatic heterocycles. The number of benzene rings is 2. The smallest absolute Gasteiger partial charge is 0.0181 e. The molecule has 0 nitrogen and oxygen atoms in total. The molecule has 0 atom stereocenters. The second-order valence-corrected chi connectivity index (χ2v) is 6.00. The van der Waals surface area contributed by atoms with Gasteiger partial charge in [0, 0.05) is 8.95 Å². The summed E-state index contributed by atoms with van der Waals surface area (Å²) in [6.45, 7) is 0. The highest BCUT2D eigenvalue weighted by atomic mass is 79.9. The number of rotatable bonds is 0. The minimum absolute atomic E-state index is 0.986. The molecule has 0 spiro atoms. The van der Waals surface area contributed by atoms with Crippen LogP contribution >= 0.6 is 31.9 Å². The van der Waals surface area contributed by atoms with Gasteiger partial charge in [-0.05, 0) is 58.3 Å². The first-order valence-corrected chi connectivity index (χ1v) is 7.07. The molecule has 17 heavy (non-hydrogen) atoms. The van der Waals surface area contributed by atoms with Crippen molar-refractivity contribution >= 4 is 44.0 Å². The summed E-state index contributed by atoms with van der Waals surface area (Å²) in [7, 11) is 0. The van der Waals surface area contributed by atoms with Gasteiger partial charge in [-0.1, -0.05) is 50.1 Å². The fourth-order valence-electron chi connectivity index (χ4n) is 2.14. The molecule has 0 amide bonds. The van der Waals surface area contributed by atoms with Gasteiger partial charge in [-0.2, -0.15) is 0 Å². The average molecular weight is 350 g/mol. The first-order chi connectivity index (χ1) is 8.22. The van der Waals surface area contributed by atoms with Crippen LogP contribution in [0.1, 0.15) is 11.1 Å². The Kier molecular flexibility index (Phi) is 2.93. The van der Waals surface area contributed by atoms with Crippen LogP contribution in [0.25, 0.3) is 12.2 Å². The van der Waals surface area contributed by atoms with Crippen molar-refractivity contribution in [2.75, 3.05) is 0 Å². The van der Waals surface area contributed by atoms with Crippen molar-refractivity contribution < 1.29 is 0 Å². The van der Waals surface area contributed by atoms with Gasteiger partial charge in [-0.15, -0.1) is 0 Å². The summed E-state index contributed by atoms with van der Waals surface area (Å²) in [6.07, 6.45) is 5.53. The summed E-state index contributed by atoms with van der Waals surface area (Å²) in [5, 5.41) is 2.58.